The van der Waals surface area contributed by atoms with E-state index in [2.05, 4.69) is 13.0 Å². The Hall–Kier alpha value is -0.760. The first kappa shape index (κ1) is 12.0. The maximum Gasteiger partial charge on any atom is 0.0994 e. The zero-order chi connectivity index (χ0) is 13.0. The first-order valence-corrected chi connectivity index (χ1v) is 7.93. The number of aliphatic hydroxyl groups is 1. The molecule has 1 fully saturated rings. The number of fused-ring (bicyclic) bond motifs is 4. The van der Waals surface area contributed by atoms with E-state index in [4.69, 9.17) is 4.74 Å². The molecule has 4 aliphatic rings. The van der Waals surface area contributed by atoms with Gasteiger partial charge in [-0.15, -0.1) is 0 Å². The van der Waals surface area contributed by atoms with Gasteiger partial charge in [0.15, 0.2) is 0 Å². The van der Waals surface area contributed by atoms with Crippen LogP contribution in [0.3, 0.4) is 0 Å². The topological polar surface area (TPSA) is 29.5 Å². The predicted octanol–water partition coefficient (Wildman–Crippen LogP) is 3.57. The third-order valence-corrected chi connectivity index (χ3v) is 6.22. The quantitative estimate of drug-likeness (QED) is 0.721. The van der Waals surface area contributed by atoms with Crippen LogP contribution < -0.4 is 0 Å². The van der Waals surface area contributed by atoms with Crippen molar-refractivity contribution in [2.45, 2.75) is 58.0 Å². The molecule has 1 heterocycles. The van der Waals surface area contributed by atoms with Gasteiger partial charge in [-0.05, 0) is 61.5 Å². The van der Waals surface area contributed by atoms with Crippen LogP contribution in [0, 0.1) is 17.3 Å². The normalized spacial score (nSPS) is 44.9. The number of ether oxygens (including phenoxy) is 1. The van der Waals surface area contributed by atoms with Gasteiger partial charge < -0.3 is 9.84 Å². The molecule has 0 aromatic rings. The highest BCUT2D eigenvalue weighted by molar-refractivity contribution is 5.41. The molecule has 1 N–H and O–H groups in total. The second-order valence-corrected chi connectivity index (χ2v) is 7.07. The monoisotopic (exact) mass is 260 g/mol. The summed E-state index contributed by atoms with van der Waals surface area (Å²) in [7, 11) is 0. The number of allylic oxidation sites excluding steroid dienone is 4. The summed E-state index contributed by atoms with van der Waals surface area (Å²) in [6.07, 6.45) is 10.4. The van der Waals surface area contributed by atoms with Crippen molar-refractivity contribution in [3.05, 3.63) is 23.0 Å². The van der Waals surface area contributed by atoms with Crippen LogP contribution in [-0.2, 0) is 4.74 Å². The molecule has 104 valence electrons. The molecule has 0 aromatic carbocycles. The SMILES string of the molecule is C[C@]12CC=C3C4=C(CC[C@H]3[C@@H]1CC[C@@H]2O)OCCC4. The van der Waals surface area contributed by atoms with E-state index in [9.17, 15) is 5.11 Å². The van der Waals surface area contributed by atoms with E-state index in [1.807, 2.05) is 0 Å². The lowest BCUT2D eigenvalue weighted by Crippen LogP contribution is -2.40. The maximum atomic E-state index is 10.3. The molecular weight excluding hydrogens is 236 g/mol. The highest BCUT2D eigenvalue weighted by atomic mass is 16.5. The van der Waals surface area contributed by atoms with Gasteiger partial charge in [-0.3, -0.25) is 0 Å². The average molecular weight is 260 g/mol. The largest absolute Gasteiger partial charge is 0.498 e. The van der Waals surface area contributed by atoms with E-state index in [1.54, 1.807) is 5.57 Å². The molecule has 0 amide bonds. The van der Waals surface area contributed by atoms with Crippen LogP contribution in [-0.4, -0.2) is 17.8 Å². The number of hydrogen-bond acceptors (Lipinski definition) is 2. The molecule has 0 radical (unpaired) electrons. The lowest BCUT2D eigenvalue weighted by molar-refractivity contribution is 0.0183. The minimum Gasteiger partial charge on any atom is -0.498 e. The summed E-state index contributed by atoms with van der Waals surface area (Å²) in [5.74, 6) is 2.67. The van der Waals surface area contributed by atoms with Gasteiger partial charge >= 0.3 is 0 Å². The van der Waals surface area contributed by atoms with Crippen molar-refractivity contribution < 1.29 is 9.84 Å². The van der Waals surface area contributed by atoms with Crippen molar-refractivity contribution >= 4 is 0 Å². The summed E-state index contributed by atoms with van der Waals surface area (Å²) in [5, 5.41) is 10.3. The fourth-order valence-electron chi connectivity index (χ4n) is 5.08. The highest BCUT2D eigenvalue weighted by Crippen LogP contribution is 2.58. The Bertz CT molecular complexity index is 462. The third kappa shape index (κ3) is 1.59. The summed E-state index contributed by atoms with van der Waals surface area (Å²) >= 11 is 0. The number of rotatable bonds is 0. The predicted molar refractivity (Wildman–Crippen MR) is 74.5 cm³/mol. The minimum absolute atomic E-state index is 0.0896. The van der Waals surface area contributed by atoms with E-state index >= 15 is 0 Å². The fourth-order valence-corrected chi connectivity index (χ4v) is 5.08. The minimum atomic E-state index is -0.0896. The molecule has 1 saturated carbocycles. The average Bonchev–Trinajstić information content (AvgIpc) is 2.75. The van der Waals surface area contributed by atoms with Crippen LogP contribution in [0.5, 0.6) is 0 Å². The maximum absolute atomic E-state index is 10.3. The van der Waals surface area contributed by atoms with Gasteiger partial charge in [-0.25, -0.2) is 0 Å². The zero-order valence-electron chi connectivity index (χ0n) is 11.8. The fraction of sp³-hybridized carbons (Fsp3) is 0.765. The Morgan fingerprint density at radius 1 is 1.26 bits per heavy atom. The molecule has 0 aromatic heterocycles. The first-order chi connectivity index (χ1) is 9.20. The Balaban J connectivity index is 1.74. The summed E-state index contributed by atoms with van der Waals surface area (Å²) < 4.78 is 5.88. The van der Waals surface area contributed by atoms with Gasteiger partial charge in [0, 0.05) is 11.8 Å². The summed E-state index contributed by atoms with van der Waals surface area (Å²) in [6.45, 7) is 3.22. The van der Waals surface area contributed by atoms with E-state index in [-0.39, 0.29) is 11.5 Å². The summed E-state index contributed by atoms with van der Waals surface area (Å²) in [5.41, 5.74) is 3.27. The summed E-state index contributed by atoms with van der Waals surface area (Å²) in [6, 6.07) is 0. The van der Waals surface area contributed by atoms with Gasteiger partial charge in [0.05, 0.1) is 18.5 Å². The van der Waals surface area contributed by atoms with Gasteiger partial charge in [-0.2, -0.15) is 0 Å². The molecule has 2 heteroatoms. The van der Waals surface area contributed by atoms with Crippen molar-refractivity contribution in [3.63, 3.8) is 0 Å². The van der Waals surface area contributed by atoms with Gasteiger partial charge in [0.25, 0.3) is 0 Å². The number of aliphatic hydroxyl groups excluding tert-OH is 1. The van der Waals surface area contributed by atoms with Crippen molar-refractivity contribution in [1.29, 1.82) is 0 Å². The Morgan fingerprint density at radius 2 is 2.16 bits per heavy atom. The van der Waals surface area contributed by atoms with Crippen molar-refractivity contribution in [2.24, 2.45) is 17.3 Å². The Kier molecular flexibility index (Phi) is 2.60. The molecule has 2 nitrogen and oxygen atoms in total. The van der Waals surface area contributed by atoms with Crippen LogP contribution in [0.4, 0.5) is 0 Å². The van der Waals surface area contributed by atoms with Gasteiger partial charge in [-0.1, -0.05) is 13.0 Å². The molecule has 3 aliphatic carbocycles. The highest BCUT2D eigenvalue weighted by Gasteiger charge is 2.52. The van der Waals surface area contributed by atoms with Gasteiger partial charge in [0.1, 0.15) is 0 Å². The molecule has 0 bridgehead atoms. The first-order valence-electron chi connectivity index (χ1n) is 7.93. The van der Waals surface area contributed by atoms with E-state index in [0.717, 1.165) is 25.9 Å². The standard InChI is InChI=1S/C17H24O2/c1-17-9-8-11-12(14(17)5-7-16(17)18)4-6-15-13(11)3-2-10-19-15/h8,12,14,16,18H,2-7,9-10H2,1H3/t12-,14+,16+,17+/m1/s1. The molecule has 0 saturated heterocycles. The second kappa shape index (κ2) is 4.12. The van der Waals surface area contributed by atoms with E-state index in [1.165, 1.54) is 37.0 Å². The third-order valence-electron chi connectivity index (χ3n) is 6.22. The molecule has 19 heavy (non-hydrogen) atoms. The van der Waals surface area contributed by atoms with Crippen molar-refractivity contribution in [2.75, 3.05) is 6.61 Å². The van der Waals surface area contributed by atoms with E-state index < -0.39 is 0 Å². The smallest absolute Gasteiger partial charge is 0.0994 e. The van der Waals surface area contributed by atoms with Crippen LogP contribution in [0.25, 0.3) is 0 Å². The lowest BCUT2D eigenvalue weighted by Gasteiger charge is -2.46. The van der Waals surface area contributed by atoms with E-state index in [0.29, 0.717) is 11.8 Å². The Labute approximate surface area is 115 Å². The van der Waals surface area contributed by atoms with Crippen molar-refractivity contribution in [1.82, 2.24) is 0 Å². The zero-order valence-corrected chi connectivity index (χ0v) is 11.8. The summed E-state index contributed by atoms with van der Waals surface area (Å²) in [4.78, 5) is 0. The Morgan fingerprint density at radius 3 is 3.05 bits per heavy atom. The van der Waals surface area contributed by atoms with Crippen LogP contribution >= 0.6 is 0 Å². The molecule has 4 atom stereocenters. The lowest BCUT2D eigenvalue weighted by atomic mass is 9.60. The number of hydrogen-bond donors (Lipinski definition) is 1. The second-order valence-electron chi connectivity index (χ2n) is 7.07. The van der Waals surface area contributed by atoms with Crippen LogP contribution in [0.2, 0.25) is 0 Å². The van der Waals surface area contributed by atoms with Gasteiger partial charge in [0.2, 0.25) is 0 Å². The van der Waals surface area contributed by atoms with Crippen molar-refractivity contribution in [3.8, 4) is 0 Å². The van der Waals surface area contributed by atoms with Crippen LogP contribution in [0.1, 0.15) is 51.9 Å². The molecule has 1 aliphatic heterocycles. The molecule has 4 rings (SSSR count). The molecule has 0 spiro atoms. The molecular formula is C17H24O2. The molecule has 0 unspecified atom stereocenters. The van der Waals surface area contributed by atoms with Crippen LogP contribution in [0.15, 0.2) is 23.0 Å².